The molecule has 0 unspecified atom stereocenters. The molecule has 2 fully saturated rings. The molecule has 1 saturated carbocycles. The number of hydrogen-bond acceptors (Lipinski definition) is 2. The van der Waals surface area contributed by atoms with Crippen molar-refractivity contribution in [1.82, 2.24) is 15.5 Å². The second kappa shape index (κ2) is 10.2. The van der Waals surface area contributed by atoms with E-state index in [-0.39, 0.29) is 24.0 Å². The molecule has 2 aliphatic rings. The van der Waals surface area contributed by atoms with Gasteiger partial charge in [-0.25, -0.2) is 4.99 Å². The average molecular weight is 442 g/mol. The first-order valence-corrected chi connectivity index (χ1v) is 9.18. The van der Waals surface area contributed by atoms with Crippen LogP contribution in [0.15, 0.2) is 29.3 Å². The van der Waals surface area contributed by atoms with Gasteiger partial charge in [-0.15, -0.1) is 24.0 Å². The molecule has 5 heteroatoms. The Bertz CT molecular complexity index is 505. The Morgan fingerprint density at radius 3 is 2.38 bits per heavy atom. The molecule has 4 nitrogen and oxygen atoms in total. The third kappa shape index (κ3) is 6.59. The van der Waals surface area contributed by atoms with Gasteiger partial charge in [-0.05, 0) is 56.8 Å². The molecular weight excluding hydrogens is 411 g/mol. The molecule has 1 aromatic carbocycles. The number of likely N-dealkylation sites (tertiary alicyclic amines) is 1. The number of nitrogens with one attached hydrogen (secondary N) is 2. The van der Waals surface area contributed by atoms with E-state index in [0.717, 1.165) is 25.6 Å². The summed E-state index contributed by atoms with van der Waals surface area (Å²) in [4.78, 5) is 7.26. The summed E-state index contributed by atoms with van der Waals surface area (Å²) in [6.45, 7) is 7.37. The highest BCUT2D eigenvalue weighted by molar-refractivity contribution is 14.0. The van der Waals surface area contributed by atoms with Gasteiger partial charge < -0.3 is 10.6 Å². The van der Waals surface area contributed by atoms with Crippen molar-refractivity contribution in [2.75, 3.05) is 19.6 Å². The zero-order chi connectivity index (χ0) is 15.9. The van der Waals surface area contributed by atoms with Crippen molar-refractivity contribution in [3.05, 3.63) is 35.4 Å². The summed E-state index contributed by atoms with van der Waals surface area (Å²) in [6.07, 6.45) is 6.66. The normalized spacial score (nSPS) is 18.8. The van der Waals surface area contributed by atoms with Crippen molar-refractivity contribution in [3.8, 4) is 0 Å². The standard InChI is InChI=1S/C19H30N4.HI/c1-2-20-19(22-18-10-11-18)21-14-16-6-8-17(9-7-16)15-23-12-4-3-5-13-23;/h6-9,18H,2-5,10-15H2,1H3,(H2,20,21,22);1H. The molecule has 1 saturated heterocycles. The van der Waals surface area contributed by atoms with Crippen LogP contribution in [0.25, 0.3) is 0 Å². The molecule has 0 aromatic heterocycles. The van der Waals surface area contributed by atoms with Gasteiger partial charge in [-0.2, -0.15) is 0 Å². The predicted octanol–water partition coefficient (Wildman–Crippen LogP) is 3.51. The molecule has 2 N–H and O–H groups in total. The van der Waals surface area contributed by atoms with Crippen molar-refractivity contribution in [1.29, 1.82) is 0 Å². The maximum atomic E-state index is 4.69. The number of benzene rings is 1. The van der Waals surface area contributed by atoms with Gasteiger partial charge in [0.1, 0.15) is 0 Å². The molecule has 0 spiro atoms. The van der Waals surface area contributed by atoms with Crippen LogP contribution in [0.1, 0.15) is 50.2 Å². The van der Waals surface area contributed by atoms with Crippen molar-refractivity contribution in [2.45, 2.75) is 58.2 Å². The fraction of sp³-hybridized carbons (Fsp3) is 0.632. The Labute approximate surface area is 163 Å². The molecule has 1 heterocycles. The monoisotopic (exact) mass is 442 g/mol. The molecule has 1 aromatic rings. The van der Waals surface area contributed by atoms with Crippen LogP contribution in [0.3, 0.4) is 0 Å². The fourth-order valence-electron chi connectivity index (χ4n) is 3.04. The van der Waals surface area contributed by atoms with Crippen LogP contribution in [-0.4, -0.2) is 36.5 Å². The van der Waals surface area contributed by atoms with Crippen molar-refractivity contribution < 1.29 is 0 Å². The molecule has 134 valence electrons. The van der Waals surface area contributed by atoms with E-state index in [1.807, 2.05) is 0 Å². The van der Waals surface area contributed by atoms with E-state index in [0.29, 0.717) is 6.04 Å². The van der Waals surface area contributed by atoms with E-state index in [1.54, 1.807) is 0 Å². The Hall–Kier alpha value is -0.820. The summed E-state index contributed by atoms with van der Waals surface area (Å²) >= 11 is 0. The van der Waals surface area contributed by atoms with Gasteiger partial charge in [0.15, 0.2) is 5.96 Å². The SMILES string of the molecule is CCNC(=NCc1ccc(CN2CCCCC2)cc1)NC1CC1.I. The fourth-order valence-corrected chi connectivity index (χ4v) is 3.04. The number of halogens is 1. The highest BCUT2D eigenvalue weighted by Crippen LogP contribution is 2.18. The van der Waals surface area contributed by atoms with Gasteiger partial charge in [-0.1, -0.05) is 30.7 Å². The van der Waals surface area contributed by atoms with E-state index in [9.17, 15) is 0 Å². The Morgan fingerprint density at radius 2 is 1.75 bits per heavy atom. The van der Waals surface area contributed by atoms with Crippen molar-refractivity contribution >= 4 is 29.9 Å². The van der Waals surface area contributed by atoms with Gasteiger partial charge in [0.05, 0.1) is 6.54 Å². The van der Waals surface area contributed by atoms with Crippen LogP contribution in [0.5, 0.6) is 0 Å². The Morgan fingerprint density at radius 1 is 1.08 bits per heavy atom. The second-order valence-corrected chi connectivity index (χ2v) is 6.77. The lowest BCUT2D eigenvalue weighted by molar-refractivity contribution is 0.221. The number of piperidine rings is 1. The van der Waals surface area contributed by atoms with E-state index < -0.39 is 0 Å². The van der Waals surface area contributed by atoms with Gasteiger partial charge >= 0.3 is 0 Å². The van der Waals surface area contributed by atoms with E-state index >= 15 is 0 Å². The lowest BCUT2D eigenvalue weighted by Gasteiger charge is -2.26. The van der Waals surface area contributed by atoms with E-state index in [1.165, 1.54) is 56.3 Å². The quantitative estimate of drug-likeness (QED) is 0.403. The van der Waals surface area contributed by atoms with Crippen LogP contribution < -0.4 is 10.6 Å². The first kappa shape index (κ1) is 19.5. The summed E-state index contributed by atoms with van der Waals surface area (Å²) in [5, 5.41) is 6.78. The minimum Gasteiger partial charge on any atom is -0.357 e. The van der Waals surface area contributed by atoms with Crippen LogP contribution in [-0.2, 0) is 13.1 Å². The molecule has 1 aliphatic carbocycles. The lowest BCUT2D eigenvalue weighted by Crippen LogP contribution is -2.38. The van der Waals surface area contributed by atoms with Crippen LogP contribution in [0, 0.1) is 0 Å². The molecular formula is C19H31IN4. The topological polar surface area (TPSA) is 39.7 Å². The number of hydrogen-bond donors (Lipinski definition) is 2. The third-order valence-corrected chi connectivity index (χ3v) is 4.56. The van der Waals surface area contributed by atoms with Gasteiger partial charge in [0.2, 0.25) is 0 Å². The third-order valence-electron chi connectivity index (χ3n) is 4.56. The number of aliphatic imine (C=N–C) groups is 1. The van der Waals surface area contributed by atoms with Crippen LogP contribution in [0.4, 0.5) is 0 Å². The molecule has 24 heavy (non-hydrogen) atoms. The summed E-state index contributed by atoms with van der Waals surface area (Å²) in [5.41, 5.74) is 2.70. The average Bonchev–Trinajstić information content (AvgIpc) is 3.39. The molecule has 0 bridgehead atoms. The Balaban J connectivity index is 0.00000208. The summed E-state index contributed by atoms with van der Waals surface area (Å²) in [5.74, 6) is 0.951. The first-order valence-electron chi connectivity index (χ1n) is 9.18. The maximum Gasteiger partial charge on any atom is 0.191 e. The van der Waals surface area contributed by atoms with Crippen LogP contribution in [0.2, 0.25) is 0 Å². The number of guanidine groups is 1. The summed E-state index contributed by atoms with van der Waals surface area (Å²) in [6, 6.07) is 9.62. The van der Waals surface area contributed by atoms with Gasteiger partial charge in [-0.3, -0.25) is 4.90 Å². The minimum absolute atomic E-state index is 0. The van der Waals surface area contributed by atoms with Gasteiger partial charge in [0, 0.05) is 19.1 Å². The van der Waals surface area contributed by atoms with E-state index in [2.05, 4.69) is 46.7 Å². The Kier molecular flexibility index (Phi) is 8.32. The zero-order valence-electron chi connectivity index (χ0n) is 14.8. The molecule has 3 rings (SSSR count). The number of rotatable bonds is 6. The maximum absolute atomic E-state index is 4.69. The minimum atomic E-state index is 0. The molecule has 1 aliphatic heterocycles. The van der Waals surface area contributed by atoms with Gasteiger partial charge in [0.25, 0.3) is 0 Å². The summed E-state index contributed by atoms with van der Waals surface area (Å²) in [7, 11) is 0. The second-order valence-electron chi connectivity index (χ2n) is 6.77. The molecule has 0 atom stereocenters. The largest absolute Gasteiger partial charge is 0.357 e. The molecule has 0 amide bonds. The highest BCUT2D eigenvalue weighted by Gasteiger charge is 2.22. The predicted molar refractivity (Wildman–Crippen MR) is 112 cm³/mol. The lowest BCUT2D eigenvalue weighted by atomic mass is 10.1. The number of nitrogens with zero attached hydrogens (tertiary/aromatic N) is 2. The zero-order valence-corrected chi connectivity index (χ0v) is 17.1. The van der Waals surface area contributed by atoms with Crippen molar-refractivity contribution in [3.63, 3.8) is 0 Å². The van der Waals surface area contributed by atoms with Crippen molar-refractivity contribution in [2.24, 2.45) is 4.99 Å². The van der Waals surface area contributed by atoms with Crippen LogP contribution >= 0.6 is 24.0 Å². The van der Waals surface area contributed by atoms with E-state index in [4.69, 9.17) is 4.99 Å². The highest BCUT2D eigenvalue weighted by atomic mass is 127. The smallest absolute Gasteiger partial charge is 0.191 e. The molecule has 0 radical (unpaired) electrons. The first-order chi connectivity index (χ1) is 11.3. The summed E-state index contributed by atoms with van der Waals surface area (Å²) < 4.78 is 0.